The lowest BCUT2D eigenvalue weighted by molar-refractivity contribution is 0.146. The van der Waals surface area contributed by atoms with Gasteiger partial charge in [-0.3, -0.25) is 4.99 Å². The van der Waals surface area contributed by atoms with Gasteiger partial charge in [0.2, 0.25) is 0 Å². The molecule has 0 atom stereocenters. The molecule has 1 aromatic carbocycles. The van der Waals surface area contributed by atoms with Crippen LogP contribution in [0.2, 0.25) is 0 Å². The third-order valence-corrected chi connectivity index (χ3v) is 2.96. The molecule has 7 heteroatoms. The Bertz CT molecular complexity index is 444. The average molecular weight is 437 g/mol. The molecule has 0 aromatic heterocycles. The third kappa shape index (κ3) is 10.4. The Kier molecular flexibility index (Phi) is 13.9. The van der Waals surface area contributed by atoms with Gasteiger partial charge in [-0.05, 0) is 24.1 Å². The van der Waals surface area contributed by atoms with Crippen LogP contribution in [-0.2, 0) is 16.0 Å². The van der Waals surface area contributed by atoms with Crippen LogP contribution in [0, 0.1) is 0 Å². The van der Waals surface area contributed by atoms with Gasteiger partial charge in [0.05, 0.1) is 6.61 Å². The first-order valence-electron chi connectivity index (χ1n) is 7.44. The number of guanidine groups is 1. The SMILES string of the molecule is CN=C(NCCCOC)NCc1cccc(OCCOC)c1.I. The van der Waals surface area contributed by atoms with Gasteiger partial charge in [-0.1, -0.05) is 12.1 Å². The van der Waals surface area contributed by atoms with Crippen LogP contribution in [0.15, 0.2) is 29.3 Å². The number of hydrogen-bond donors (Lipinski definition) is 2. The molecule has 0 bridgehead atoms. The van der Waals surface area contributed by atoms with Crippen molar-refractivity contribution in [3.05, 3.63) is 29.8 Å². The highest BCUT2D eigenvalue weighted by Crippen LogP contribution is 2.13. The van der Waals surface area contributed by atoms with Gasteiger partial charge in [-0.2, -0.15) is 0 Å². The lowest BCUT2D eigenvalue weighted by atomic mass is 10.2. The fraction of sp³-hybridized carbons (Fsp3) is 0.562. The number of benzene rings is 1. The molecule has 23 heavy (non-hydrogen) atoms. The van der Waals surface area contributed by atoms with Crippen LogP contribution in [-0.4, -0.2) is 53.6 Å². The van der Waals surface area contributed by atoms with Crippen molar-refractivity contribution in [2.24, 2.45) is 4.99 Å². The van der Waals surface area contributed by atoms with Crippen LogP contribution in [0.1, 0.15) is 12.0 Å². The average Bonchev–Trinajstić information content (AvgIpc) is 2.55. The van der Waals surface area contributed by atoms with Crippen molar-refractivity contribution in [1.29, 1.82) is 0 Å². The van der Waals surface area contributed by atoms with E-state index < -0.39 is 0 Å². The molecule has 2 N–H and O–H groups in total. The van der Waals surface area contributed by atoms with Crippen LogP contribution in [0.3, 0.4) is 0 Å². The molecule has 0 heterocycles. The number of methoxy groups -OCH3 is 2. The van der Waals surface area contributed by atoms with Gasteiger partial charge in [0.25, 0.3) is 0 Å². The zero-order valence-corrected chi connectivity index (χ0v) is 16.5. The Hall–Kier alpha value is -1.06. The van der Waals surface area contributed by atoms with Crippen LogP contribution >= 0.6 is 24.0 Å². The van der Waals surface area contributed by atoms with Crippen LogP contribution in [0.5, 0.6) is 5.75 Å². The number of rotatable bonds is 10. The van der Waals surface area contributed by atoms with E-state index in [9.17, 15) is 0 Å². The summed E-state index contributed by atoms with van der Waals surface area (Å²) in [6.45, 7) is 3.39. The molecule has 0 amide bonds. The van der Waals surface area contributed by atoms with E-state index in [-0.39, 0.29) is 24.0 Å². The topological polar surface area (TPSA) is 64.1 Å². The number of ether oxygens (including phenoxy) is 3. The van der Waals surface area contributed by atoms with Gasteiger partial charge >= 0.3 is 0 Å². The molecule has 0 saturated heterocycles. The summed E-state index contributed by atoms with van der Waals surface area (Å²) in [5.41, 5.74) is 1.13. The van der Waals surface area contributed by atoms with Gasteiger partial charge in [-0.15, -0.1) is 24.0 Å². The van der Waals surface area contributed by atoms with E-state index in [0.717, 1.165) is 36.8 Å². The predicted molar refractivity (Wildman–Crippen MR) is 104 cm³/mol. The molecule has 0 aliphatic rings. The Morgan fingerprint density at radius 2 is 1.87 bits per heavy atom. The summed E-state index contributed by atoms with van der Waals surface area (Å²) >= 11 is 0. The van der Waals surface area contributed by atoms with Crippen LogP contribution < -0.4 is 15.4 Å². The van der Waals surface area contributed by atoms with Gasteiger partial charge in [0.15, 0.2) is 5.96 Å². The van der Waals surface area contributed by atoms with Gasteiger partial charge in [0, 0.05) is 41.0 Å². The van der Waals surface area contributed by atoms with E-state index in [2.05, 4.69) is 15.6 Å². The van der Waals surface area contributed by atoms with E-state index in [1.54, 1.807) is 21.3 Å². The van der Waals surface area contributed by atoms with E-state index in [1.807, 2.05) is 24.3 Å². The van der Waals surface area contributed by atoms with Crippen LogP contribution in [0.25, 0.3) is 0 Å². The summed E-state index contributed by atoms with van der Waals surface area (Å²) < 4.78 is 15.6. The fourth-order valence-corrected chi connectivity index (χ4v) is 1.82. The minimum atomic E-state index is 0. The molecule has 0 unspecified atom stereocenters. The van der Waals surface area contributed by atoms with Crippen LogP contribution in [0.4, 0.5) is 0 Å². The number of aliphatic imine (C=N–C) groups is 1. The first kappa shape index (κ1) is 21.9. The second kappa shape index (κ2) is 14.5. The van der Waals surface area contributed by atoms with Crippen molar-refractivity contribution >= 4 is 29.9 Å². The molecule has 0 aliphatic heterocycles. The quantitative estimate of drug-likeness (QED) is 0.254. The number of halogens is 1. The molecule has 0 saturated carbocycles. The molecule has 0 aliphatic carbocycles. The van der Waals surface area contributed by atoms with Gasteiger partial charge in [-0.25, -0.2) is 0 Å². The molecule has 0 fully saturated rings. The van der Waals surface area contributed by atoms with Gasteiger partial charge < -0.3 is 24.8 Å². The maximum absolute atomic E-state index is 5.60. The molecule has 0 spiro atoms. The zero-order valence-electron chi connectivity index (χ0n) is 14.1. The Balaban J connectivity index is 0.00000484. The summed E-state index contributed by atoms with van der Waals surface area (Å²) in [5.74, 6) is 1.63. The van der Waals surface area contributed by atoms with E-state index >= 15 is 0 Å². The number of nitrogens with zero attached hydrogens (tertiary/aromatic N) is 1. The molecule has 1 aromatic rings. The zero-order chi connectivity index (χ0) is 16.0. The van der Waals surface area contributed by atoms with Crippen molar-refractivity contribution in [1.82, 2.24) is 10.6 Å². The Morgan fingerprint density at radius 3 is 2.57 bits per heavy atom. The van der Waals surface area contributed by atoms with Crippen molar-refractivity contribution in [3.63, 3.8) is 0 Å². The second-order valence-electron chi connectivity index (χ2n) is 4.69. The maximum Gasteiger partial charge on any atom is 0.191 e. The van der Waals surface area contributed by atoms with Crippen molar-refractivity contribution in [2.45, 2.75) is 13.0 Å². The summed E-state index contributed by atoms with van der Waals surface area (Å²) in [7, 11) is 5.12. The Labute approximate surface area is 156 Å². The molecular formula is C16H28IN3O3. The minimum absolute atomic E-state index is 0. The second-order valence-corrected chi connectivity index (χ2v) is 4.69. The summed E-state index contributed by atoms with van der Waals surface area (Å²) in [5, 5.41) is 6.52. The van der Waals surface area contributed by atoms with E-state index in [0.29, 0.717) is 19.8 Å². The highest BCUT2D eigenvalue weighted by molar-refractivity contribution is 14.0. The normalized spacial score (nSPS) is 10.8. The largest absolute Gasteiger partial charge is 0.491 e. The smallest absolute Gasteiger partial charge is 0.191 e. The first-order chi connectivity index (χ1) is 10.8. The standard InChI is InChI=1S/C16H27N3O3.HI/c1-17-16(18-8-5-9-20-2)19-13-14-6-4-7-15(12-14)22-11-10-21-3;/h4,6-7,12H,5,8-11,13H2,1-3H3,(H2,17,18,19);1H. The molecule has 6 nitrogen and oxygen atoms in total. The van der Waals surface area contributed by atoms with E-state index in [1.165, 1.54) is 0 Å². The summed E-state index contributed by atoms with van der Waals surface area (Å²) in [6.07, 6.45) is 0.944. The Morgan fingerprint density at radius 1 is 1.09 bits per heavy atom. The maximum atomic E-state index is 5.60. The fourth-order valence-electron chi connectivity index (χ4n) is 1.82. The molecule has 0 radical (unpaired) electrons. The lowest BCUT2D eigenvalue weighted by Crippen LogP contribution is -2.37. The third-order valence-electron chi connectivity index (χ3n) is 2.96. The van der Waals surface area contributed by atoms with Crippen molar-refractivity contribution < 1.29 is 14.2 Å². The van der Waals surface area contributed by atoms with E-state index in [4.69, 9.17) is 14.2 Å². The molecule has 132 valence electrons. The molecular weight excluding hydrogens is 409 g/mol. The highest BCUT2D eigenvalue weighted by atomic mass is 127. The highest BCUT2D eigenvalue weighted by Gasteiger charge is 2.00. The monoisotopic (exact) mass is 437 g/mol. The minimum Gasteiger partial charge on any atom is -0.491 e. The predicted octanol–water partition coefficient (Wildman–Crippen LogP) is 2.03. The molecule has 1 rings (SSSR count). The lowest BCUT2D eigenvalue weighted by Gasteiger charge is -2.12. The first-order valence-corrected chi connectivity index (χ1v) is 7.44. The van der Waals surface area contributed by atoms with Crippen molar-refractivity contribution in [3.8, 4) is 5.75 Å². The number of nitrogens with one attached hydrogen (secondary N) is 2. The number of hydrogen-bond acceptors (Lipinski definition) is 4. The summed E-state index contributed by atoms with van der Waals surface area (Å²) in [4.78, 5) is 4.19. The summed E-state index contributed by atoms with van der Waals surface area (Å²) in [6, 6.07) is 7.99. The van der Waals surface area contributed by atoms with Crippen molar-refractivity contribution in [2.75, 3.05) is 47.6 Å². The van der Waals surface area contributed by atoms with Gasteiger partial charge in [0.1, 0.15) is 12.4 Å².